The third-order valence-corrected chi connectivity index (χ3v) is 5.47. The number of H-pyrrole nitrogens is 1. The van der Waals surface area contributed by atoms with Crippen LogP contribution in [0, 0.1) is 0 Å². The molecule has 5 heterocycles. The maximum Gasteiger partial charge on any atom is 0.223 e. The summed E-state index contributed by atoms with van der Waals surface area (Å²) in [5.41, 5.74) is 9.85. The molecule has 8 nitrogen and oxygen atoms in total. The van der Waals surface area contributed by atoms with Crippen molar-refractivity contribution < 1.29 is 19.0 Å². The fourth-order valence-electron chi connectivity index (χ4n) is 4.06. The number of pyridine rings is 2. The third-order valence-electron chi connectivity index (χ3n) is 5.47. The highest BCUT2D eigenvalue weighted by atomic mass is 16.6. The molecule has 1 atom stereocenters. The number of ether oxygens (including phenoxy) is 3. The molecule has 5 rings (SSSR count). The number of rotatable bonds is 4. The summed E-state index contributed by atoms with van der Waals surface area (Å²) in [6, 6.07) is 3.80. The lowest BCUT2D eigenvalue weighted by Gasteiger charge is -2.21. The Morgan fingerprint density at radius 2 is 2.32 bits per heavy atom. The Balaban J connectivity index is 1.67. The van der Waals surface area contributed by atoms with E-state index in [1.165, 1.54) is 0 Å². The molecular formula is C20H20N4O4. The Bertz CT molecular complexity index is 1090. The van der Waals surface area contributed by atoms with E-state index >= 15 is 0 Å². The quantitative estimate of drug-likeness (QED) is 0.714. The zero-order valence-corrected chi connectivity index (χ0v) is 15.4. The number of primary amides is 1. The Labute approximate surface area is 161 Å². The van der Waals surface area contributed by atoms with E-state index in [1.807, 2.05) is 18.3 Å². The van der Waals surface area contributed by atoms with Gasteiger partial charge in [0.1, 0.15) is 11.4 Å². The van der Waals surface area contributed by atoms with Gasteiger partial charge in [-0.05, 0) is 6.07 Å². The molecule has 8 heteroatoms. The topological polar surface area (TPSA) is 112 Å². The zero-order chi connectivity index (χ0) is 19.3. The van der Waals surface area contributed by atoms with Gasteiger partial charge in [0, 0.05) is 41.8 Å². The van der Waals surface area contributed by atoms with Crippen molar-refractivity contribution in [3.8, 4) is 17.0 Å². The fraction of sp³-hybridized carbons (Fsp3) is 0.350. The number of hydrogen-bond donors (Lipinski definition) is 2. The molecule has 28 heavy (non-hydrogen) atoms. The zero-order valence-electron chi connectivity index (χ0n) is 15.4. The number of amides is 1. The fourth-order valence-corrected chi connectivity index (χ4v) is 4.06. The summed E-state index contributed by atoms with van der Waals surface area (Å²) >= 11 is 0. The number of aromatic nitrogens is 3. The second-order valence-electron chi connectivity index (χ2n) is 7.19. The molecule has 0 saturated carbocycles. The second-order valence-corrected chi connectivity index (χ2v) is 7.19. The minimum atomic E-state index is -0.497. The summed E-state index contributed by atoms with van der Waals surface area (Å²) in [5.74, 6) is 0.339. The van der Waals surface area contributed by atoms with E-state index in [4.69, 9.17) is 24.9 Å². The smallest absolute Gasteiger partial charge is 0.223 e. The van der Waals surface area contributed by atoms with E-state index in [2.05, 4.69) is 9.97 Å². The van der Waals surface area contributed by atoms with Gasteiger partial charge in [0.15, 0.2) is 0 Å². The Hall–Kier alpha value is -2.97. The average molecular weight is 380 g/mol. The molecule has 1 fully saturated rings. The van der Waals surface area contributed by atoms with Crippen molar-refractivity contribution in [3.63, 3.8) is 0 Å². The lowest BCUT2D eigenvalue weighted by molar-refractivity contribution is -0.117. The SMILES string of the molecule is COc1cc(-c2c[nH]c3cnc(CC(N)=O)cc23)nc2c1COC21CCOC1. The van der Waals surface area contributed by atoms with Gasteiger partial charge in [-0.25, -0.2) is 4.98 Å². The van der Waals surface area contributed by atoms with Gasteiger partial charge in [-0.15, -0.1) is 0 Å². The molecule has 3 N–H and O–H groups in total. The molecule has 144 valence electrons. The van der Waals surface area contributed by atoms with Gasteiger partial charge in [-0.3, -0.25) is 9.78 Å². The summed E-state index contributed by atoms with van der Waals surface area (Å²) in [6.07, 6.45) is 4.47. The lowest BCUT2D eigenvalue weighted by Crippen LogP contribution is -2.26. The molecular weight excluding hydrogens is 360 g/mol. The van der Waals surface area contributed by atoms with Crippen LogP contribution < -0.4 is 10.5 Å². The second kappa shape index (κ2) is 6.29. The summed E-state index contributed by atoms with van der Waals surface area (Å²) in [7, 11) is 1.65. The number of carbonyl (C=O) groups is 1. The van der Waals surface area contributed by atoms with Gasteiger partial charge < -0.3 is 24.9 Å². The average Bonchev–Trinajstić information content (AvgIpc) is 3.41. The molecule has 0 radical (unpaired) electrons. The van der Waals surface area contributed by atoms with Crippen LogP contribution in [0.5, 0.6) is 5.75 Å². The van der Waals surface area contributed by atoms with Crippen LogP contribution in [0.2, 0.25) is 0 Å². The number of nitrogens with one attached hydrogen (secondary N) is 1. The first kappa shape index (κ1) is 17.2. The molecule has 0 aromatic carbocycles. The van der Waals surface area contributed by atoms with Crippen molar-refractivity contribution in [2.75, 3.05) is 20.3 Å². The Morgan fingerprint density at radius 1 is 1.43 bits per heavy atom. The van der Waals surface area contributed by atoms with Gasteiger partial charge in [0.05, 0.1) is 55.5 Å². The summed E-state index contributed by atoms with van der Waals surface area (Å²) in [4.78, 5) is 23.7. The lowest BCUT2D eigenvalue weighted by atomic mass is 9.95. The molecule has 1 saturated heterocycles. The third kappa shape index (κ3) is 2.56. The number of carbonyl (C=O) groups excluding carboxylic acids is 1. The van der Waals surface area contributed by atoms with Crippen molar-refractivity contribution in [1.29, 1.82) is 0 Å². The molecule has 3 aromatic heterocycles. The van der Waals surface area contributed by atoms with E-state index in [9.17, 15) is 4.79 Å². The number of nitrogens with two attached hydrogens (primary N) is 1. The van der Waals surface area contributed by atoms with Gasteiger partial charge >= 0.3 is 0 Å². The molecule has 0 bridgehead atoms. The van der Waals surface area contributed by atoms with Crippen molar-refractivity contribution in [2.24, 2.45) is 5.73 Å². The predicted molar refractivity (Wildman–Crippen MR) is 101 cm³/mol. The molecule has 2 aliphatic heterocycles. The van der Waals surface area contributed by atoms with Crippen molar-refractivity contribution in [3.05, 3.63) is 41.5 Å². The minimum absolute atomic E-state index is 0.0930. The van der Waals surface area contributed by atoms with Crippen LogP contribution in [0.25, 0.3) is 22.2 Å². The summed E-state index contributed by atoms with van der Waals surface area (Å²) in [6.45, 7) is 1.62. The summed E-state index contributed by atoms with van der Waals surface area (Å²) < 4.78 is 17.3. The molecule has 1 amide bonds. The van der Waals surface area contributed by atoms with E-state index in [0.29, 0.717) is 25.5 Å². The number of hydrogen-bond acceptors (Lipinski definition) is 6. The highest BCUT2D eigenvalue weighted by Crippen LogP contribution is 2.46. The van der Waals surface area contributed by atoms with Crippen LogP contribution in [-0.4, -0.2) is 41.2 Å². The largest absolute Gasteiger partial charge is 0.496 e. The highest BCUT2D eigenvalue weighted by Gasteiger charge is 2.46. The first-order valence-electron chi connectivity index (χ1n) is 9.14. The van der Waals surface area contributed by atoms with Crippen LogP contribution in [0.4, 0.5) is 0 Å². The maximum absolute atomic E-state index is 11.3. The van der Waals surface area contributed by atoms with Crippen LogP contribution in [0.15, 0.2) is 24.5 Å². The van der Waals surface area contributed by atoms with Crippen LogP contribution in [0.1, 0.15) is 23.4 Å². The number of nitrogens with zero attached hydrogens (tertiary/aromatic N) is 2. The van der Waals surface area contributed by atoms with E-state index < -0.39 is 11.5 Å². The van der Waals surface area contributed by atoms with Crippen molar-refractivity contribution >= 4 is 16.8 Å². The van der Waals surface area contributed by atoms with Gasteiger partial charge in [0.2, 0.25) is 5.91 Å². The Kier molecular flexibility index (Phi) is 3.85. The number of methoxy groups -OCH3 is 1. The van der Waals surface area contributed by atoms with E-state index in [1.54, 1.807) is 13.3 Å². The Morgan fingerprint density at radius 3 is 3.07 bits per heavy atom. The highest BCUT2D eigenvalue weighted by molar-refractivity contribution is 5.95. The molecule has 1 unspecified atom stereocenters. The van der Waals surface area contributed by atoms with E-state index in [0.717, 1.165) is 45.6 Å². The first-order valence-corrected chi connectivity index (χ1v) is 9.14. The minimum Gasteiger partial charge on any atom is -0.496 e. The summed E-state index contributed by atoms with van der Waals surface area (Å²) in [5, 5.41) is 0.927. The van der Waals surface area contributed by atoms with Gasteiger partial charge in [0.25, 0.3) is 0 Å². The van der Waals surface area contributed by atoms with Crippen LogP contribution in [0.3, 0.4) is 0 Å². The number of aromatic amines is 1. The molecule has 3 aromatic rings. The van der Waals surface area contributed by atoms with Crippen LogP contribution >= 0.6 is 0 Å². The van der Waals surface area contributed by atoms with Crippen molar-refractivity contribution in [1.82, 2.24) is 15.0 Å². The monoisotopic (exact) mass is 380 g/mol. The molecule has 2 aliphatic rings. The van der Waals surface area contributed by atoms with Gasteiger partial charge in [-0.1, -0.05) is 0 Å². The number of fused-ring (bicyclic) bond motifs is 3. The normalized spacial score (nSPS) is 20.8. The first-order chi connectivity index (χ1) is 13.6. The standard InChI is InChI=1S/C20H20N4O4/c1-26-17-6-15(24-19-14(17)9-28-20(19)2-3-27-10-20)13-7-23-16-8-22-11(4-12(13)16)5-18(21)25/h4,6-8,23H,2-3,5,9-10H2,1H3,(H2,21,25). The predicted octanol–water partition coefficient (Wildman–Crippen LogP) is 1.81. The van der Waals surface area contributed by atoms with Crippen LogP contribution in [-0.2, 0) is 32.9 Å². The molecule has 0 aliphatic carbocycles. The van der Waals surface area contributed by atoms with Crippen molar-refractivity contribution in [2.45, 2.75) is 25.0 Å². The van der Waals surface area contributed by atoms with Gasteiger partial charge in [-0.2, -0.15) is 0 Å². The van der Waals surface area contributed by atoms with E-state index in [-0.39, 0.29) is 6.42 Å². The maximum atomic E-state index is 11.3. The molecule has 1 spiro atoms.